The van der Waals surface area contributed by atoms with E-state index in [2.05, 4.69) is 47.0 Å². The summed E-state index contributed by atoms with van der Waals surface area (Å²) in [6, 6.07) is 2.50. The van der Waals surface area contributed by atoms with Gasteiger partial charge in [0.2, 0.25) is 0 Å². The largest absolute Gasteiger partial charge is 0.377 e. The fourth-order valence-electron chi connectivity index (χ4n) is 1.87. The van der Waals surface area contributed by atoms with Crippen molar-refractivity contribution in [3.05, 3.63) is 30.4 Å². The molecule has 0 saturated heterocycles. The van der Waals surface area contributed by atoms with E-state index >= 15 is 0 Å². The van der Waals surface area contributed by atoms with Crippen LogP contribution >= 0.6 is 0 Å². The summed E-state index contributed by atoms with van der Waals surface area (Å²) >= 11 is 0. The third-order valence-electron chi connectivity index (χ3n) is 3.19. The van der Waals surface area contributed by atoms with Gasteiger partial charge >= 0.3 is 0 Å². The molecular formula is C13H21N5. The lowest BCUT2D eigenvalue weighted by Gasteiger charge is -2.14. The summed E-state index contributed by atoms with van der Waals surface area (Å²) in [5.41, 5.74) is 2.25. The summed E-state index contributed by atoms with van der Waals surface area (Å²) in [5, 5.41) is 12.0. The van der Waals surface area contributed by atoms with Crippen molar-refractivity contribution in [2.24, 2.45) is 0 Å². The van der Waals surface area contributed by atoms with Gasteiger partial charge in [0.15, 0.2) is 0 Å². The molecule has 2 aromatic heterocycles. The van der Waals surface area contributed by atoms with Gasteiger partial charge in [-0.15, -0.1) is 0 Å². The zero-order valence-electron chi connectivity index (χ0n) is 11.3. The molecule has 0 unspecified atom stereocenters. The molecule has 0 radical (unpaired) electrons. The highest BCUT2D eigenvalue weighted by Crippen LogP contribution is 2.14. The van der Waals surface area contributed by atoms with Crippen LogP contribution in [0.5, 0.6) is 0 Å². The molecule has 0 aromatic carbocycles. The quantitative estimate of drug-likeness (QED) is 0.853. The van der Waals surface area contributed by atoms with Gasteiger partial charge < -0.3 is 5.32 Å². The highest BCUT2D eigenvalue weighted by Gasteiger charge is 2.08. The lowest BCUT2D eigenvalue weighted by Crippen LogP contribution is -2.12. The SMILES string of the molecule is CC[C@@H](C)n1nccc1CNc1cnn(CC)c1. The summed E-state index contributed by atoms with van der Waals surface area (Å²) in [6.07, 6.45) is 6.82. The van der Waals surface area contributed by atoms with Crippen LogP contribution in [-0.4, -0.2) is 19.6 Å². The monoisotopic (exact) mass is 247 g/mol. The predicted molar refractivity (Wildman–Crippen MR) is 72.5 cm³/mol. The molecule has 5 heteroatoms. The van der Waals surface area contributed by atoms with E-state index < -0.39 is 0 Å². The van der Waals surface area contributed by atoms with E-state index in [4.69, 9.17) is 0 Å². The minimum absolute atomic E-state index is 0.440. The first-order valence-corrected chi connectivity index (χ1v) is 6.53. The lowest BCUT2D eigenvalue weighted by molar-refractivity contribution is 0.462. The van der Waals surface area contributed by atoms with Crippen molar-refractivity contribution in [3.63, 3.8) is 0 Å². The maximum Gasteiger partial charge on any atom is 0.0729 e. The molecule has 0 fully saturated rings. The number of aromatic nitrogens is 4. The molecule has 18 heavy (non-hydrogen) atoms. The number of nitrogens with one attached hydrogen (secondary N) is 1. The standard InChI is InChI=1S/C13H21N5/c1-4-11(3)18-13(6-7-15-18)9-14-12-8-16-17(5-2)10-12/h6-8,10-11,14H,4-5,9H2,1-3H3/t11-/m1/s1. The number of rotatable bonds is 6. The van der Waals surface area contributed by atoms with Crippen molar-refractivity contribution in [1.82, 2.24) is 19.6 Å². The first kappa shape index (κ1) is 12.7. The molecule has 2 heterocycles. The second-order valence-corrected chi connectivity index (χ2v) is 4.46. The van der Waals surface area contributed by atoms with Crippen LogP contribution < -0.4 is 5.32 Å². The molecule has 1 atom stereocenters. The van der Waals surface area contributed by atoms with Gasteiger partial charge in [-0.25, -0.2) is 0 Å². The van der Waals surface area contributed by atoms with Gasteiger partial charge in [0.05, 0.1) is 24.1 Å². The topological polar surface area (TPSA) is 47.7 Å². The summed E-state index contributed by atoms with van der Waals surface area (Å²) in [5.74, 6) is 0. The highest BCUT2D eigenvalue weighted by molar-refractivity contribution is 5.38. The normalized spacial score (nSPS) is 12.6. The third kappa shape index (κ3) is 2.72. The van der Waals surface area contributed by atoms with Gasteiger partial charge in [-0.05, 0) is 26.3 Å². The van der Waals surface area contributed by atoms with Crippen LogP contribution in [0, 0.1) is 0 Å². The first-order valence-electron chi connectivity index (χ1n) is 6.53. The minimum atomic E-state index is 0.440. The zero-order valence-corrected chi connectivity index (χ0v) is 11.3. The van der Waals surface area contributed by atoms with Crippen molar-refractivity contribution in [2.45, 2.75) is 46.3 Å². The Balaban J connectivity index is 1.99. The Labute approximate surface area is 108 Å². The Kier molecular flexibility index (Phi) is 4.02. The summed E-state index contributed by atoms with van der Waals surface area (Å²) in [6.45, 7) is 8.11. The molecule has 0 bridgehead atoms. The van der Waals surface area contributed by atoms with Crippen LogP contribution in [0.3, 0.4) is 0 Å². The van der Waals surface area contributed by atoms with E-state index in [0.717, 1.165) is 25.2 Å². The Morgan fingerprint density at radius 2 is 2.17 bits per heavy atom. The number of hydrogen-bond acceptors (Lipinski definition) is 3. The van der Waals surface area contributed by atoms with Gasteiger partial charge in [0, 0.05) is 25.0 Å². The van der Waals surface area contributed by atoms with E-state index in [-0.39, 0.29) is 0 Å². The van der Waals surface area contributed by atoms with Crippen molar-refractivity contribution < 1.29 is 0 Å². The summed E-state index contributed by atoms with van der Waals surface area (Å²) < 4.78 is 3.99. The predicted octanol–water partition coefficient (Wildman–Crippen LogP) is 2.68. The molecule has 0 saturated carbocycles. The van der Waals surface area contributed by atoms with E-state index in [1.807, 2.05) is 23.3 Å². The van der Waals surface area contributed by atoms with E-state index in [0.29, 0.717) is 6.04 Å². The van der Waals surface area contributed by atoms with Crippen LogP contribution in [0.4, 0.5) is 5.69 Å². The van der Waals surface area contributed by atoms with Crippen molar-refractivity contribution in [2.75, 3.05) is 5.32 Å². The molecule has 2 rings (SSSR count). The third-order valence-corrected chi connectivity index (χ3v) is 3.19. The van der Waals surface area contributed by atoms with Gasteiger partial charge in [-0.3, -0.25) is 9.36 Å². The second kappa shape index (κ2) is 5.71. The van der Waals surface area contributed by atoms with Gasteiger partial charge in [0.25, 0.3) is 0 Å². The molecular weight excluding hydrogens is 226 g/mol. The van der Waals surface area contributed by atoms with E-state index in [1.165, 1.54) is 5.69 Å². The Hall–Kier alpha value is -1.78. The smallest absolute Gasteiger partial charge is 0.0729 e. The summed E-state index contributed by atoms with van der Waals surface area (Å²) in [4.78, 5) is 0. The molecule has 1 N–H and O–H groups in total. The van der Waals surface area contributed by atoms with Crippen molar-refractivity contribution in [3.8, 4) is 0 Å². The molecule has 2 aromatic rings. The molecule has 0 aliphatic rings. The van der Waals surface area contributed by atoms with Crippen LogP contribution in [0.1, 0.15) is 38.9 Å². The van der Waals surface area contributed by atoms with Crippen LogP contribution in [0.2, 0.25) is 0 Å². The van der Waals surface area contributed by atoms with E-state index in [9.17, 15) is 0 Å². The molecule has 0 aliphatic carbocycles. The minimum Gasteiger partial charge on any atom is -0.377 e. The molecule has 5 nitrogen and oxygen atoms in total. The maximum absolute atomic E-state index is 4.38. The van der Waals surface area contributed by atoms with Gasteiger partial charge in [-0.2, -0.15) is 10.2 Å². The van der Waals surface area contributed by atoms with Crippen LogP contribution in [-0.2, 0) is 13.1 Å². The van der Waals surface area contributed by atoms with Crippen molar-refractivity contribution >= 4 is 5.69 Å². The molecule has 0 aliphatic heterocycles. The van der Waals surface area contributed by atoms with Crippen molar-refractivity contribution in [1.29, 1.82) is 0 Å². The fourth-order valence-corrected chi connectivity index (χ4v) is 1.87. The van der Waals surface area contributed by atoms with Crippen LogP contribution in [0.15, 0.2) is 24.7 Å². The lowest BCUT2D eigenvalue weighted by atomic mass is 10.2. The number of hydrogen-bond donors (Lipinski definition) is 1. The van der Waals surface area contributed by atoms with Gasteiger partial charge in [-0.1, -0.05) is 6.92 Å². The average Bonchev–Trinajstić information content (AvgIpc) is 3.03. The van der Waals surface area contributed by atoms with Gasteiger partial charge in [0.1, 0.15) is 0 Å². The van der Waals surface area contributed by atoms with Crippen LogP contribution in [0.25, 0.3) is 0 Å². The highest BCUT2D eigenvalue weighted by atomic mass is 15.3. The Morgan fingerprint density at radius 1 is 1.33 bits per heavy atom. The zero-order chi connectivity index (χ0) is 13.0. The Bertz CT molecular complexity index is 485. The maximum atomic E-state index is 4.38. The summed E-state index contributed by atoms with van der Waals surface area (Å²) in [7, 11) is 0. The number of nitrogens with zero attached hydrogens (tertiary/aromatic N) is 4. The number of aryl methyl sites for hydroxylation is 1. The Morgan fingerprint density at radius 3 is 2.83 bits per heavy atom. The fraction of sp³-hybridized carbons (Fsp3) is 0.538. The number of anilines is 1. The second-order valence-electron chi connectivity index (χ2n) is 4.46. The molecule has 0 spiro atoms. The molecule has 0 amide bonds. The molecule has 98 valence electrons. The average molecular weight is 247 g/mol. The van der Waals surface area contributed by atoms with E-state index in [1.54, 1.807) is 0 Å². The first-order chi connectivity index (χ1) is 8.74.